The van der Waals surface area contributed by atoms with Crippen molar-refractivity contribution in [3.05, 3.63) is 0 Å². The standard InChI is InChI=1S/C19H34F2O2/c1-13(10-12-19(20,21)17(2,3)22)14-8-9-15-16(23-5)7-6-11-18(14,15)4/h13-16,22H,6-12H2,1-5H3/t13?,14?,15?,16-,18+/m0/s1. The highest BCUT2D eigenvalue weighted by Gasteiger charge is 2.53. The molecule has 3 unspecified atom stereocenters. The molecule has 2 rings (SSSR count). The van der Waals surface area contributed by atoms with Gasteiger partial charge in [0.15, 0.2) is 0 Å². The summed E-state index contributed by atoms with van der Waals surface area (Å²) in [4.78, 5) is 0. The molecule has 0 heterocycles. The van der Waals surface area contributed by atoms with Crippen molar-refractivity contribution in [2.45, 2.75) is 90.3 Å². The van der Waals surface area contributed by atoms with E-state index in [4.69, 9.17) is 4.74 Å². The van der Waals surface area contributed by atoms with Crippen LogP contribution in [0.1, 0.15) is 72.6 Å². The molecule has 0 aliphatic heterocycles. The minimum absolute atomic E-state index is 0.225. The van der Waals surface area contributed by atoms with Crippen LogP contribution in [-0.2, 0) is 4.74 Å². The molecule has 0 spiro atoms. The average Bonchev–Trinajstić information content (AvgIpc) is 2.80. The van der Waals surface area contributed by atoms with E-state index in [-0.39, 0.29) is 17.8 Å². The van der Waals surface area contributed by atoms with Gasteiger partial charge < -0.3 is 9.84 Å². The smallest absolute Gasteiger partial charge is 0.275 e. The summed E-state index contributed by atoms with van der Waals surface area (Å²) in [6.07, 6.45) is 6.35. The predicted octanol–water partition coefficient (Wildman–Crippen LogP) is 5.04. The van der Waals surface area contributed by atoms with Crippen LogP contribution >= 0.6 is 0 Å². The first kappa shape index (κ1) is 19.1. The van der Waals surface area contributed by atoms with Crippen molar-refractivity contribution >= 4 is 0 Å². The molecule has 23 heavy (non-hydrogen) atoms. The number of alkyl halides is 2. The van der Waals surface area contributed by atoms with Crippen molar-refractivity contribution in [3.8, 4) is 0 Å². The average molecular weight is 332 g/mol. The summed E-state index contributed by atoms with van der Waals surface area (Å²) < 4.78 is 33.8. The van der Waals surface area contributed by atoms with Gasteiger partial charge in [0.1, 0.15) is 5.60 Å². The van der Waals surface area contributed by atoms with Gasteiger partial charge in [-0.25, -0.2) is 8.78 Å². The lowest BCUT2D eigenvalue weighted by Crippen LogP contribution is -2.44. The van der Waals surface area contributed by atoms with Crippen LogP contribution in [0.3, 0.4) is 0 Å². The summed E-state index contributed by atoms with van der Waals surface area (Å²) in [6.45, 7) is 6.88. The first-order valence-corrected chi connectivity index (χ1v) is 9.16. The zero-order chi connectivity index (χ0) is 17.5. The number of fused-ring (bicyclic) bond motifs is 1. The third-order valence-corrected chi connectivity index (χ3v) is 6.93. The molecule has 2 nitrogen and oxygen atoms in total. The fourth-order valence-corrected chi connectivity index (χ4v) is 5.29. The first-order valence-electron chi connectivity index (χ1n) is 9.16. The lowest BCUT2D eigenvalue weighted by atomic mass is 9.61. The minimum atomic E-state index is -3.03. The molecule has 0 radical (unpaired) electrons. The quantitative estimate of drug-likeness (QED) is 0.738. The van der Waals surface area contributed by atoms with Crippen LogP contribution in [0.4, 0.5) is 8.78 Å². The fourth-order valence-electron chi connectivity index (χ4n) is 5.29. The van der Waals surface area contributed by atoms with Crippen molar-refractivity contribution < 1.29 is 18.6 Å². The molecule has 0 aromatic carbocycles. The van der Waals surface area contributed by atoms with E-state index in [2.05, 4.69) is 13.8 Å². The number of aliphatic hydroxyl groups is 1. The van der Waals surface area contributed by atoms with Gasteiger partial charge in [0, 0.05) is 13.5 Å². The summed E-state index contributed by atoms with van der Waals surface area (Å²) in [5.41, 5.74) is -1.72. The number of hydrogen-bond acceptors (Lipinski definition) is 2. The van der Waals surface area contributed by atoms with Gasteiger partial charge in [0.25, 0.3) is 5.92 Å². The van der Waals surface area contributed by atoms with Gasteiger partial charge in [0.05, 0.1) is 6.10 Å². The van der Waals surface area contributed by atoms with Gasteiger partial charge in [0.2, 0.25) is 0 Å². The van der Waals surface area contributed by atoms with E-state index in [0.29, 0.717) is 24.4 Å². The molecule has 136 valence electrons. The fraction of sp³-hybridized carbons (Fsp3) is 1.00. The van der Waals surface area contributed by atoms with Crippen LogP contribution in [0.2, 0.25) is 0 Å². The summed E-state index contributed by atoms with van der Waals surface area (Å²) >= 11 is 0. The van der Waals surface area contributed by atoms with Crippen molar-refractivity contribution in [2.75, 3.05) is 7.11 Å². The Balaban J connectivity index is 2.02. The number of ether oxygens (including phenoxy) is 1. The number of halogens is 2. The summed E-state index contributed by atoms with van der Waals surface area (Å²) in [6, 6.07) is 0. The molecule has 0 amide bonds. The van der Waals surface area contributed by atoms with Gasteiger partial charge in [-0.1, -0.05) is 20.3 Å². The van der Waals surface area contributed by atoms with E-state index < -0.39 is 11.5 Å². The summed E-state index contributed by atoms with van der Waals surface area (Å²) in [7, 11) is 1.80. The molecule has 2 saturated carbocycles. The van der Waals surface area contributed by atoms with Crippen molar-refractivity contribution in [3.63, 3.8) is 0 Å². The molecule has 0 saturated heterocycles. The molecule has 2 aliphatic rings. The monoisotopic (exact) mass is 332 g/mol. The van der Waals surface area contributed by atoms with Crippen LogP contribution in [0.25, 0.3) is 0 Å². The highest BCUT2D eigenvalue weighted by Crippen LogP contribution is 2.59. The minimum Gasteiger partial charge on any atom is -0.384 e. The van der Waals surface area contributed by atoms with Crippen molar-refractivity contribution in [1.29, 1.82) is 0 Å². The SMILES string of the molecule is CO[C@H]1CCC[C@]2(C)C(C(C)CCC(F)(F)C(C)(C)O)CCC12. The lowest BCUT2D eigenvalue weighted by Gasteiger charge is -2.46. The first-order chi connectivity index (χ1) is 10.5. The molecule has 5 atom stereocenters. The maximum absolute atomic E-state index is 14.1. The second-order valence-corrected chi connectivity index (χ2v) is 8.74. The number of hydrogen-bond donors (Lipinski definition) is 1. The van der Waals surface area contributed by atoms with Crippen molar-refractivity contribution in [2.24, 2.45) is 23.2 Å². The molecule has 1 N–H and O–H groups in total. The maximum atomic E-state index is 14.1. The van der Waals surface area contributed by atoms with Crippen molar-refractivity contribution in [1.82, 2.24) is 0 Å². The van der Waals surface area contributed by atoms with Gasteiger partial charge in [-0.05, 0) is 69.1 Å². The molecule has 0 aromatic heterocycles. The highest BCUT2D eigenvalue weighted by molar-refractivity contribution is 5.02. The third-order valence-electron chi connectivity index (χ3n) is 6.93. The summed E-state index contributed by atoms with van der Waals surface area (Å²) in [5.74, 6) is -1.71. The Labute approximate surface area is 140 Å². The number of methoxy groups -OCH3 is 1. The Hall–Kier alpha value is -0.220. The van der Waals surface area contributed by atoms with Gasteiger partial charge in [-0.15, -0.1) is 0 Å². The largest absolute Gasteiger partial charge is 0.384 e. The zero-order valence-corrected chi connectivity index (χ0v) is 15.4. The second kappa shape index (κ2) is 6.59. The lowest BCUT2D eigenvalue weighted by molar-refractivity contribution is -0.168. The van der Waals surface area contributed by atoms with Crippen LogP contribution in [0.5, 0.6) is 0 Å². The maximum Gasteiger partial charge on any atom is 0.275 e. The predicted molar refractivity (Wildman–Crippen MR) is 88.6 cm³/mol. The van der Waals surface area contributed by atoms with E-state index in [1.54, 1.807) is 7.11 Å². The molecule has 0 aromatic rings. The molecule has 2 aliphatic carbocycles. The molecule has 2 fully saturated rings. The highest BCUT2D eigenvalue weighted by atomic mass is 19.3. The van der Waals surface area contributed by atoms with E-state index in [9.17, 15) is 13.9 Å². The van der Waals surface area contributed by atoms with E-state index >= 15 is 0 Å². The van der Waals surface area contributed by atoms with Gasteiger partial charge in [-0.2, -0.15) is 0 Å². The Morgan fingerprint density at radius 1 is 1.26 bits per heavy atom. The van der Waals surface area contributed by atoms with Crippen LogP contribution in [0, 0.1) is 23.2 Å². The van der Waals surface area contributed by atoms with Crippen LogP contribution in [-0.4, -0.2) is 29.8 Å². The molecule has 4 heteroatoms. The van der Waals surface area contributed by atoms with Crippen LogP contribution < -0.4 is 0 Å². The third kappa shape index (κ3) is 3.58. The van der Waals surface area contributed by atoms with Crippen LogP contribution in [0.15, 0.2) is 0 Å². The van der Waals surface area contributed by atoms with E-state index in [1.165, 1.54) is 26.7 Å². The topological polar surface area (TPSA) is 29.5 Å². The summed E-state index contributed by atoms with van der Waals surface area (Å²) in [5, 5.41) is 9.66. The Bertz CT molecular complexity index is 405. The molecular weight excluding hydrogens is 298 g/mol. The normalized spacial score (nSPS) is 36.8. The molecular formula is C19H34F2O2. The van der Waals surface area contributed by atoms with E-state index in [1.807, 2.05) is 0 Å². The Kier molecular flexibility index (Phi) is 5.47. The zero-order valence-electron chi connectivity index (χ0n) is 15.4. The Morgan fingerprint density at radius 3 is 2.48 bits per heavy atom. The second-order valence-electron chi connectivity index (χ2n) is 8.74. The molecule has 0 bridgehead atoms. The number of rotatable bonds is 6. The Morgan fingerprint density at radius 2 is 1.91 bits per heavy atom. The van der Waals surface area contributed by atoms with E-state index in [0.717, 1.165) is 19.3 Å². The van der Waals surface area contributed by atoms with Gasteiger partial charge in [-0.3, -0.25) is 0 Å². The van der Waals surface area contributed by atoms with Gasteiger partial charge >= 0.3 is 0 Å².